The van der Waals surface area contributed by atoms with Crippen molar-refractivity contribution in [1.82, 2.24) is 5.01 Å². The summed E-state index contributed by atoms with van der Waals surface area (Å²) in [6.45, 7) is 0. The molecule has 1 heterocycles. The number of aliphatic imine (C=N–C) groups is 1. The van der Waals surface area contributed by atoms with Crippen molar-refractivity contribution >= 4 is 57.7 Å². The summed E-state index contributed by atoms with van der Waals surface area (Å²) < 4.78 is 0. The second kappa shape index (κ2) is 8.15. The molecule has 0 saturated carbocycles. The van der Waals surface area contributed by atoms with Crippen LogP contribution in [0.5, 0.6) is 0 Å². The number of non-ortho nitro benzene ring substituents is 2. The number of nitro benzene ring substituents is 2. The van der Waals surface area contributed by atoms with E-state index in [4.69, 9.17) is 11.6 Å². The van der Waals surface area contributed by atoms with Crippen molar-refractivity contribution in [3.8, 4) is 0 Å². The van der Waals surface area contributed by atoms with Crippen LogP contribution in [-0.4, -0.2) is 37.9 Å². The lowest BCUT2D eigenvalue weighted by molar-refractivity contribution is -0.385. The Morgan fingerprint density at radius 2 is 1.71 bits per heavy atom. The number of rotatable bonds is 5. The van der Waals surface area contributed by atoms with Crippen LogP contribution in [0.4, 0.5) is 17.1 Å². The summed E-state index contributed by atoms with van der Waals surface area (Å²) >= 11 is 7.18. The van der Waals surface area contributed by atoms with Gasteiger partial charge in [0, 0.05) is 29.8 Å². The molecule has 0 aliphatic carbocycles. The number of hydrogen-bond acceptors (Lipinski definition) is 8. The third-order valence-electron chi connectivity index (χ3n) is 3.53. The fraction of sp³-hybridized carbons (Fsp3) is 0.0625. The van der Waals surface area contributed by atoms with Crippen LogP contribution in [0, 0.1) is 20.2 Å². The van der Waals surface area contributed by atoms with Gasteiger partial charge in [-0.05, 0) is 18.2 Å². The molecule has 1 fully saturated rings. The Kier molecular flexibility index (Phi) is 5.66. The number of benzene rings is 2. The van der Waals surface area contributed by atoms with Gasteiger partial charge in [-0.25, -0.2) is 4.99 Å². The van der Waals surface area contributed by atoms with Gasteiger partial charge in [0.15, 0.2) is 5.17 Å². The average molecular weight is 420 g/mol. The Balaban J connectivity index is 1.83. The van der Waals surface area contributed by atoms with Gasteiger partial charge in [-0.3, -0.25) is 25.0 Å². The van der Waals surface area contributed by atoms with Gasteiger partial charge in [-0.1, -0.05) is 23.4 Å². The first-order chi connectivity index (χ1) is 13.3. The maximum atomic E-state index is 12.1. The van der Waals surface area contributed by atoms with Crippen molar-refractivity contribution < 1.29 is 14.6 Å². The highest BCUT2D eigenvalue weighted by molar-refractivity contribution is 8.15. The molecule has 1 aliphatic heterocycles. The number of nitrogens with zero attached hydrogens (tertiary/aromatic N) is 5. The molecule has 0 atom stereocenters. The van der Waals surface area contributed by atoms with Crippen LogP contribution in [0.2, 0.25) is 5.02 Å². The first kappa shape index (κ1) is 19.5. The molecule has 12 heteroatoms. The standard InChI is InChI=1S/C16H10ClN5O5S/c17-14-7-13(22(26)27)4-1-10(14)8-18-20-15(23)9-28-16(20)19-11-2-5-12(6-3-11)21(24)25/h1-8H,9H2/b18-8+,19-16?. The topological polar surface area (TPSA) is 131 Å². The van der Waals surface area contributed by atoms with Crippen LogP contribution in [0.3, 0.4) is 0 Å². The Morgan fingerprint density at radius 3 is 2.32 bits per heavy atom. The van der Waals surface area contributed by atoms with Crippen LogP contribution >= 0.6 is 23.4 Å². The largest absolute Gasteiger partial charge is 0.271 e. The molecule has 2 aromatic rings. The number of hydrazone groups is 1. The molecule has 1 amide bonds. The number of thioether (sulfide) groups is 1. The maximum Gasteiger partial charge on any atom is 0.270 e. The number of nitro groups is 2. The van der Waals surface area contributed by atoms with Crippen LogP contribution in [0.1, 0.15) is 5.56 Å². The van der Waals surface area contributed by atoms with Crippen molar-refractivity contribution in [3.63, 3.8) is 0 Å². The lowest BCUT2D eigenvalue weighted by Gasteiger charge is -2.09. The summed E-state index contributed by atoms with van der Waals surface area (Å²) in [7, 11) is 0. The minimum absolute atomic E-state index is 0.0678. The fourth-order valence-electron chi connectivity index (χ4n) is 2.16. The van der Waals surface area contributed by atoms with E-state index in [0.717, 1.165) is 5.01 Å². The zero-order chi connectivity index (χ0) is 20.3. The van der Waals surface area contributed by atoms with Gasteiger partial charge < -0.3 is 0 Å². The fourth-order valence-corrected chi connectivity index (χ4v) is 3.20. The van der Waals surface area contributed by atoms with E-state index in [1.807, 2.05) is 0 Å². The minimum Gasteiger partial charge on any atom is -0.271 e. The van der Waals surface area contributed by atoms with E-state index >= 15 is 0 Å². The van der Waals surface area contributed by atoms with Crippen LogP contribution in [-0.2, 0) is 4.79 Å². The molecule has 0 unspecified atom stereocenters. The number of hydrogen-bond donors (Lipinski definition) is 0. The number of halogens is 1. The number of amidine groups is 1. The molecule has 10 nitrogen and oxygen atoms in total. The SMILES string of the molecule is O=C1CSC(=Nc2ccc([N+](=O)[O-])cc2)N1/N=C/c1ccc([N+](=O)[O-])cc1Cl. The Bertz CT molecular complexity index is 1020. The molecule has 1 aliphatic rings. The highest BCUT2D eigenvalue weighted by Crippen LogP contribution is 2.26. The van der Waals surface area contributed by atoms with Gasteiger partial charge in [0.2, 0.25) is 0 Å². The molecule has 28 heavy (non-hydrogen) atoms. The van der Waals surface area contributed by atoms with Gasteiger partial charge >= 0.3 is 0 Å². The molecule has 0 spiro atoms. The van der Waals surface area contributed by atoms with E-state index in [1.54, 1.807) is 0 Å². The van der Waals surface area contributed by atoms with Gasteiger partial charge in [0.25, 0.3) is 17.3 Å². The van der Waals surface area contributed by atoms with Crippen molar-refractivity contribution in [2.24, 2.45) is 10.1 Å². The predicted molar refractivity (Wildman–Crippen MR) is 105 cm³/mol. The van der Waals surface area contributed by atoms with Crippen molar-refractivity contribution in [2.75, 3.05) is 5.75 Å². The molecular weight excluding hydrogens is 410 g/mol. The number of carbonyl (C=O) groups excluding carboxylic acids is 1. The predicted octanol–water partition coefficient (Wildman–Crippen LogP) is 3.75. The minimum atomic E-state index is -0.567. The molecule has 0 bridgehead atoms. The van der Waals surface area contributed by atoms with Gasteiger partial charge in [-0.15, -0.1) is 0 Å². The van der Waals surface area contributed by atoms with Crippen molar-refractivity contribution in [2.45, 2.75) is 0 Å². The first-order valence-corrected chi connectivity index (χ1v) is 8.98. The third kappa shape index (κ3) is 4.32. The van der Waals surface area contributed by atoms with Crippen LogP contribution in [0.15, 0.2) is 52.6 Å². The highest BCUT2D eigenvalue weighted by Gasteiger charge is 2.28. The summed E-state index contributed by atoms with van der Waals surface area (Å²) in [6, 6.07) is 9.43. The Labute approximate surface area is 166 Å². The van der Waals surface area contributed by atoms with Gasteiger partial charge in [0.1, 0.15) is 0 Å². The normalized spacial score (nSPS) is 15.5. The Morgan fingerprint density at radius 1 is 1.07 bits per heavy atom. The summed E-state index contributed by atoms with van der Waals surface area (Å²) in [5.74, 6) is -0.170. The monoisotopic (exact) mass is 419 g/mol. The number of amides is 1. The van der Waals surface area contributed by atoms with Crippen LogP contribution < -0.4 is 0 Å². The molecule has 0 aromatic heterocycles. The van der Waals surface area contributed by atoms with Gasteiger partial charge in [-0.2, -0.15) is 10.1 Å². The second-order valence-corrected chi connectivity index (χ2v) is 6.72. The smallest absolute Gasteiger partial charge is 0.270 e. The zero-order valence-electron chi connectivity index (χ0n) is 13.9. The molecule has 0 radical (unpaired) electrons. The first-order valence-electron chi connectivity index (χ1n) is 7.62. The van der Waals surface area contributed by atoms with E-state index < -0.39 is 9.85 Å². The summed E-state index contributed by atoms with van der Waals surface area (Å²) in [5.41, 5.74) is 0.597. The molecule has 1 saturated heterocycles. The zero-order valence-corrected chi connectivity index (χ0v) is 15.5. The van der Waals surface area contributed by atoms with E-state index in [-0.39, 0.29) is 28.1 Å². The summed E-state index contributed by atoms with van der Waals surface area (Å²) in [5, 5.41) is 27.0. The van der Waals surface area contributed by atoms with E-state index in [1.165, 1.54) is 60.4 Å². The lowest BCUT2D eigenvalue weighted by atomic mass is 10.2. The molecule has 142 valence electrons. The average Bonchev–Trinajstić information content (AvgIpc) is 3.00. The van der Waals surface area contributed by atoms with E-state index in [9.17, 15) is 25.0 Å². The Hall–Kier alpha value is -3.31. The van der Waals surface area contributed by atoms with E-state index in [0.29, 0.717) is 16.4 Å². The number of carbonyl (C=O) groups is 1. The summed E-state index contributed by atoms with van der Waals surface area (Å²) in [4.78, 5) is 36.7. The second-order valence-electron chi connectivity index (χ2n) is 5.37. The molecule has 2 aromatic carbocycles. The maximum absolute atomic E-state index is 12.1. The van der Waals surface area contributed by atoms with Gasteiger partial charge in [0.05, 0.1) is 32.5 Å². The van der Waals surface area contributed by atoms with Crippen LogP contribution in [0.25, 0.3) is 0 Å². The molecular formula is C16H10ClN5O5S. The third-order valence-corrected chi connectivity index (χ3v) is 4.78. The highest BCUT2D eigenvalue weighted by atomic mass is 35.5. The lowest BCUT2D eigenvalue weighted by Crippen LogP contribution is -2.23. The summed E-state index contributed by atoms with van der Waals surface area (Å²) in [6.07, 6.45) is 1.31. The molecule has 3 rings (SSSR count). The van der Waals surface area contributed by atoms with Crippen molar-refractivity contribution in [1.29, 1.82) is 0 Å². The molecule has 0 N–H and O–H groups in total. The van der Waals surface area contributed by atoms with E-state index in [2.05, 4.69) is 10.1 Å². The quantitative estimate of drug-likeness (QED) is 0.412. The van der Waals surface area contributed by atoms with Crippen molar-refractivity contribution in [3.05, 3.63) is 73.3 Å².